The minimum Gasteiger partial charge on any atom is -0.495 e. The van der Waals surface area contributed by atoms with Crippen LogP contribution < -0.4 is 9.46 Å². The van der Waals surface area contributed by atoms with Gasteiger partial charge in [-0.05, 0) is 30.3 Å². The SMILES string of the molecule is COc1ccccc1NS(=O)(=O)c1cccc(-c2nnc(SCC(=O)O)o2)c1. The molecule has 11 heteroatoms. The maximum Gasteiger partial charge on any atom is 0.314 e. The number of hydrogen-bond donors (Lipinski definition) is 2. The topological polar surface area (TPSA) is 132 Å². The lowest BCUT2D eigenvalue weighted by Gasteiger charge is -2.11. The summed E-state index contributed by atoms with van der Waals surface area (Å²) in [7, 11) is -2.45. The van der Waals surface area contributed by atoms with Crippen LogP contribution in [0.25, 0.3) is 11.5 Å². The number of carboxylic acids is 1. The van der Waals surface area contributed by atoms with Crippen molar-refractivity contribution in [3.05, 3.63) is 48.5 Å². The van der Waals surface area contributed by atoms with Crippen molar-refractivity contribution >= 4 is 33.4 Å². The van der Waals surface area contributed by atoms with Crippen molar-refractivity contribution in [1.29, 1.82) is 0 Å². The zero-order chi connectivity index (χ0) is 20.1. The van der Waals surface area contributed by atoms with Crippen molar-refractivity contribution in [2.75, 3.05) is 17.6 Å². The average Bonchev–Trinajstić information content (AvgIpc) is 3.16. The third-order valence-electron chi connectivity index (χ3n) is 3.47. The summed E-state index contributed by atoms with van der Waals surface area (Å²) in [6, 6.07) is 12.6. The van der Waals surface area contributed by atoms with Gasteiger partial charge in [0.1, 0.15) is 11.5 Å². The van der Waals surface area contributed by atoms with E-state index < -0.39 is 16.0 Å². The van der Waals surface area contributed by atoms with E-state index in [-0.39, 0.29) is 21.8 Å². The summed E-state index contributed by atoms with van der Waals surface area (Å²) in [5.41, 5.74) is 0.693. The summed E-state index contributed by atoms with van der Waals surface area (Å²) in [4.78, 5) is 10.6. The lowest BCUT2D eigenvalue weighted by Crippen LogP contribution is -2.13. The van der Waals surface area contributed by atoms with Gasteiger partial charge in [-0.15, -0.1) is 10.2 Å². The van der Waals surface area contributed by atoms with Gasteiger partial charge in [-0.25, -0.2) is 8.42 Å². The van der Waals surface area contributed by atoms with Crippen molar-refractivity contribution in [2.24, 2.45) is 0 Å². The maximum absolute atomic E-state index is 12.7. The van der Waals surface area contributed by atoms with Crippen LogP contribution in [-0.4, -0.2) is 42.6 Å². The van der Waals surface area contributed by atoms with Crippen LogP contribution >= 0.6 is 11.8 Å². The Morgan fingerprint density at radius 1 is 1.21 bits per heavy atom. The first-order valence-corrected chi connectivity index (χ1v) is 10.3. The number of benzene rings is 2. The Morgan fingerprint density at radius 2 is 2.00 bits per heavy atom. The van der Waals surface area contributed by atoms with Crippen molar-refractivity contribution in [3.63, 3.8) is 0 Å². The molecule has 0 fully saturated rings. The first kappa shape index (κ1) is 19.7. The number of rotatable bonds is 8. The highest BCUT2D eigenvalue weighted by Crippen LogP contribution is 2.28. The van der Waals surface area contributed by atoms with E-state index in [0.717, 1.165) is 11.8 Å². The molecule has 0 saturated heterocycles. The Labute approximate surface area is 164 Å². The Kier molecular flexibility index (Phi) is 5.85. The first-order chi connectivity index (χ1) is 13.4. The van der Waals surface area contributed by atoms with Gasteiger partial charge in [0.2, 0.25) is 5.89 Å². The molecule has 0 amide bonds. The highest BCUT2D eigenvalue weighted by atomic mass is 32.2. The van der Waals surface area contributed by atoms with Gasteiger partial charge in [0, 0.05) is 5.56 Å². The van der Waals surface area contributed by atoms with Crippen LogP contribution in [0.3, 0.4) is 0 Å². The van der Waals surface area contributed by atoms with Crippen LogP contribution in [0.1, 0.15) is 0 Å². The van der Waals surface area contributed by atoms with E-state index in [2.05, 4.69) is 14.9 Å². The maximum atomic E-state index is 12.7. The van der Waals surface area contributed by atoms with E-state index in [1.165, 1.54) is 19.2 Å². The van der Waals surface area contributed by atoms with E-state index in [1.807, 2.05) is 0 Å². The summed E-state index contributed by atoms with van der Waals surface area (Å²) in [6.45, 7) is 0. The molecule has 0 radical (unpaired) electrons. The number of para-hydroxylation sites is 2. The lowest BCUT2D eigenvalue weighted by molar-refractivity contribution is -0.133. The molecule has 0 bridgehead atoms. The lowest BCUT2D eigenvalue weighted by atomic mass is 10.2. The summed E-state index contributed by atoms with van der Waals surface area (Å²) in [5.74, 6) is -0.763. The number of hydrogen-bond acceptors (Lipinski definition) is 8. The molecule has 0 atom stereocenters. The standard InChI is InChI=1S/C17H15N3O6S2/c1-25-14-8-3-2-7-13(14)20-28(23,24)12-6-4-5-11(9-12)16-18-19-17(26-16)27-10-15(21)22/h2-9,20H,10H2,1H3,(H,21,22). The number of carboxylic acid groups (broad SMARTS) is 1. The smallest absolute Gasteiger partial charge is 0.314 e. The summed E-state index contributed by atoms with van der Waals surface area (Å²) < 4.78 is 38.5. The molecular weight excluding hydrogens is 406 g/mol. The van der Waals surface area contributed by atoms with E-state index in [0.29, 0.717) is 17.0 Å². The predicted molar refractivity (Wildman–Crippen MR) is 102 cm³/mol. The second-order valence-electron chi connectivity index (χ2n) is 5.39. The van der Waals surface area contributed by atoms with Gasteiger partial charge in [-0.3, -0.25) is 9.52 Å². The molecule has 0 spiro atoms. The second-order valence-corrected chi connectivity index (χ2v) is 8.00. The Balaban J connectivity index is 1.85. The molecule has 28 heavy (non-hydrogen) atoms. The minimum absolute atomic E-state index is 0.00570. The number of anilines is 1. The molecule has 0 aliphatic heterocycles. The predicted octanol–water partition coefficient (Wildman–Crippen LogP) is 2.72. The quantitative estimate of drug-likeness (QED) is 0.527. The number of sulfonamides is 1. The molecule has 0 unspecified atom stereocenters. The van der Waals surface area contributed by atoms with Crippen molar-refractivity contribution in [3.8, 4) is 17.2 Å². The van der Waals surface area contributed by atoms with Crippen molar-refractivity contribution < 1.29 is 27.5 Å². The molecule has 3 aromatic rings. The third-order valence-corrected chi connectivity index (χ3v) is 5.63. The van der Waals surface area contributed by atoms with Crippen molar-refractivity contribution in [2.45, 2.75) is 10.1 Å². The van der Waals surface area contributed by atoms with Crippen molar-refractivity contribution in [1.82, 2.24) is 10.2 Å². The van der Waals surface area contributed by atoms with Crippen LogP contribution in [0, 0.1) is 0 Å². The summed E-state index contributed by atoms with van der Waals surface area (Å²) >= 11 is 0.875. The Hall–Kier alpha value is -3.05. The molecule has 9 nitrogen and oxygen atoms in total. The van der Waals surface area contributed by atoms with Crippen LogP contribution in [0.4, 0.5) is 5.69 Å². The van der Waals surface area contributed by atoms with E-state index >= 15 is 0 Å². The first-order valence-electron chi connectivity index (χ1n) is 7.83. The van der Waals surface area contributed by atoms with Gasteiger partial charge < -0.3 is 14.3 Å². The van der Waals surface area contributed by atoms with E-state index in [1.54, 1.807) is 36.4 Å². The van der Waals surface area contributed by atoms with Gasteiger partial charge in [-0.2, -0.15) is 0 Å². The highest BCUT2D eigenvalue weighted by Gasteiger charge is 2.18. The minimum atomic E-state index is -3.89. The second kappa shape index (κ2) is 8.31. The molecule has 146 valence electrons. The average molecular weight is 421 g/mol. The van der Waals surface area contributed by atoms with Gasteiger partial charge >= 0.3 is 5.97 Å². The number of thioether (sulfide) groups is 1. The number of nitrogens with zero attached hydrogens (tertiary/aromatic N) is 2. The summed E-state index contributed by atoms with van der Waals surface area (Å²) in [6.07, 6.45) is 0. The fourth-order valence-corrected chi connectivity index (χ4v) is 3.84. The summed E-state index contributed by atoms with van der Waals surface area (Å²) in [5, 5.41) is 16.4. The van der Waals surface area contributed by atoms with E-state index in [4.69, 9.17) is 14.3 Å². The number of methoxy groups -OCH3 is 1. The zero-order valence-corrected chi connectivity index (χ0v) is 16.2. The number of ether oxygens (including phenoxy) is 1. The highest BCUT2D eigenvalue weighted by molar-refractivity contribution is 7.99. The largest absolute Gasteiger partial charge is 0.495 e. The zero-order valence-electron chi connectivity index (χ0n) is 14.5. The number of nitrogens with one attached hydrogen (secondary N) is 1. The normalized spacial score (nSPS) is 11.2. The van der Waals surface area contributed by atoms with Crippen LogP contribution in [-0.2, 0) is 14.8 Å². The van der Waals surface area contributed by atoms with Crippen LogP contribution in [0.15, 0.2) is 63.1 Å². The number of aromatic nitrogens is 2. The van der Waals surface area contributed by atoms with Gasteiger partial charge in [0.15, 0.2) is 0 Å². The fraction of sp³-hybridized carbons (Fsp3) is 0.118. The molecule has 2 N–H and O–H groups in total. The van der Waals surface area contributed by atoms with Gasteiger partial charge in [0.25, 0.3) is 15.2 Å². The van der Waals surface area contributed by atoms with Crippen LogP contribution in [0.5, 0.6) is 5.75 Å². The van der Waals surface area contributed by atoms with Crippen LogP contribution in [0.2, 0.25) is 0 Å². The number of aliphatic carboxylic acids is 1. The molecule has 2 aromatic carbocycles. The molecule has 3 rings (SSSR count). The molecule has 0 aliphatic rings. The van der Waals surface area contributed by atoms with Gasteiger partial charge in [0.05, 0.1) is 17.7 Å². The third kappa shape index (κ3) is 4.61. The monoisotopic (exact) mass is 421 g/mol. The Bertz CT molecular complexity index is 1100. The Morgan fingerprint density at radius 3 is 2.75 bits per heavy atom. The molecule has 0 aliphatic carbocycles. The van der Waals surface area contributed by atoms with E-state index in [9.17, 15) is 13.2 Å². The molecule has 0 saturated carbocycles. The molecule has 1 heterocycles. The molecule has 1 aromatic heterocycles. The fourth-order valence-electron chi connectivity index (χ4n) is 2.24. The molecular formula is C17H15N3O6S2. The van der Waals surface area contributed by atoms with Gasteiger partial charge in [-0.1, -0.05) is 30.0 Å². The number of carbonyl (C=O) groups is 1.